The number of carbonyl (C=O) groups is 2. The molecule has 0 heterocycles. The fourth-order valence-corrected chi connectivity index (χ4v) is 3.14. The molecule has 1 atom stereocenters. The predicted molar refractivity (Wildman–Crippen MR) is 99.1 cm³/mol. The van der Waals surface area contributed by atoms with Crippen LogP contribution in [-0.4, -0.2) is 23.3 Å². The van der Waals surface area contributed by atoms with E-state index in [4.69, 9.17) is 4.52 Å². The standard InChI is InChI=1S/C18H31O7P/c1-6-7-8-9-10-11-12-13-16(19)23-26(22,24-17(20)14(2)3)25-18(21)15(4)5/h16,19H,2,4,6-13H2,1,3,5H3. The zero-order chi connectivity index (χ0) is 20.2. The Bertz CT molecular complexity index is 510. The van der Waals surface area contributed by atoms with Crippen LogP contribution < -0.4 is 0 Å². The first-order valence-electron chi connectivity index (χ1n) is 8.86. The Morgan fingerprint density at radius 3 is 1.77 bits per heavy atom. The molecule has 1 N–H and O–H groups in total. The minimum atomic E-state index is -4.64. The van der Waals surface area contributed by atoms with Gasteiger partial charge in [0.05, 0.1) is 0 Å². The number of phosphoric ester groups is 1. The monoisotopic (exact) mass is 390 g/mol. The molecule has 0 aromatic heterocycles. The van der Waals surface area contributed by atoms with Gasteiger partial charge in [0.15, 0.2) is 6.29 Å². The first-order valence-corrected chi connectivity index (χ1v) is 10.3. The lowest BCUT2D eigenvalue weighted by molar-refractivity contribution is -0.139. The number of aliphatic hydroxyl groups excluding tert-OH is 1. The maximum Gasteiger partial charge on any atom is 0.594 e. The van der Waals surface area contributed by atoms with Crippen LogP contribution >= 0.6 is 7.82 Å². The van der Waals surface area contributed by atoms with E-state index < -0.39 is 26.1 Å². The van der Waals surface area contributed by atoms with E-state index in [2.05, 4.69) is 29.1 Å². The molecule has 0 bridgehead atoms. The Hall–Kier alpha value is -1.43. The number of unbranched alkanes of at least 4 members (excludes halogenated alkanes) is 6. The van der Waals surface area contributed by atoms with Crippen LogP contribution in [0.25, 0.3) is 0 Å². The molecule has 0 fully saturated rings. The molecule has 0 aliphatic rings. The van der Waals surface area contributed by atoms with E-state index in [9.17, 15) is 19.3 Å². The van der Waals surface area contributed by atoms with Crippen LogP contribution in [0.15, 0.2) is 24.3 Å². The molecule has 0 saturated heterocycles. The maximum absolute atomic E-state index is 12.5. The third-order valence-electron chi connectivity index (χ3n) is 3.39. The smallest absolute Gasteiger partial charge is 0.367 e. The summed E-state index contributed by atoms with van der Waals surface area (Å²) in [5.41, 5.74) is -0.108. The third-order valence-corrected chi connectivity index (χ3v) is 4.67. The molecule has 0 amide bonds. The van der Waals surface area contributed by atoms with Crippen LogP contribution in [0.4, 0.5) is 0 Å². The van der Waals surface area contributed by atoms with Gasteiger partial charge in [-0.1, -0.05) is 58.6 Å². The Balaban J connectivity index is 4.58. The van der Waals surface area contributed by atoms with Gasteiger partial charge in [0.2, 0.25) is 0 Å². The molecule has 0 spiro atoms. The van der Waals surface area contributed by atoms with Crippen LogP contribution in [-0.2, 0) is 27.7 Å². The summed E-state index contributed by atoms with van der Waals surface area (Å²) in [6, 6.07) is 0. The lowest BCUT2D eigenvalue weighted by Crippen LogP contribution is -2.17. The molecular weight excluding hydrogens is 359 g/mol. The Morgan fingerprint density at radius 2 is 1.35 bits per heavy atom. The van der Waals surface area contributed by atoms with E-state index >= 15 is 0 Å². The summed E-state index contributed by atoms with van der Waals surface area (Å²) in [6.45, 7) is 11.5. The average Bonchev–Trinajstić information content (AvgIpc) is 2.53. The summed E-state index contributed by atoms with van der Waals surface area (Å²) in [5.74, 6) is -2.10. The van der Waals surface area contributed by atoms with Gasteiger partial charge in [-0.3, -0.25) is 0 Å². The van der Waals surface area contributed by atoms with Gasteiger partial charge in [-0.2, -0.15) is 0 Å². The Morgan fingerprint density at radius 1 is 0.923 bits per heavy atom. The number of aliphatic hydroxyl groups is 1. The van der Waals surface area contributed by atoms with E-state index in [-0.39, 0.29) is 17.6 Å². The van der Waals surface area contributed by atoms with Crippen molar-refractivity contribution in [2.45, 2.75) is 78.4 Å². The summed E-state index contributed by atoms with van der Waals surface area (Å²) in [7, 11) is -4.64. The minimum Gasteiger partial charge on any atom is -0.367 e. The van der Waals surface area contributed by atoms with E-state index in [1.165, 1.54) is 33.1 Å². The lowest BCUT2D eigenvalue weighted by atomic mass is 10.1. The molecule has 26 heavy (non-hydrogen) atoms. The SMILES string of the molecule is C=C(C)C(=O)OP(=O)(OC(=O)C(=C)C)OC(O)CCCCCCCCC. The summed E-state index contributed by atoms with van der Waals surface area (Å²) >= 11 is 0. The average molecular weight is 390 g/mol. The zero-order valence-corrected chi connectivity index (χ0v) is 16.9. The molecule has 0 saturated carbocycles. The van der Waals surface area contributed by atoms with Crippen molar-refractivity contribution in [3.8, 4) is 0 Å². The van der Waals surface area contributed by atoms with Crippen molar-refractivity contribution < 1.29 is 32.8 Å². The first kappa shape index (κ1) is 24.6. The fourth-order valence-electron chi connectivity index (χ4n) is 1.90. The van der Waals surface area contributed by atoms with Gasteiger partial charge in [0.25, 0.3) is 0 Å². The third kappa shape index (κ3) is 11.2. The molecule has 1 unspecified atom stereocenters. The van der Waals surface area contributed by atoms with Gasteiger partial charge >= 0.3 is 19.8 Å². The number of carbonyl (C=O) groups excluding carboxylic acids is 2. The molecule has 0 aromatic rings. The largest absolute Gasteiger partial charge is 0.594 e. The van der Waals surface area contributed by atoms with Gasteiger partial charge in [0.1, 0.15) is 0 Å². The van der Waals surface area contributed by atoms with E-state index in [1.807, 2.05) is 0 Å². The van der Waals surface area contributed by atoms with Crippen molar-refractivity contribution in [1.82, 2.24) is 0 Å². The summed E-state index contributed by atoms with van der Waals surface area (Å²) in [6.07, 6.45) is 5.90. The highest BCUT2D eigenvalue weighted by Gasteiger charge is 2.38. The second kappa shape index (κ2) is 12.8. The lowest BCUT2D eigenvalue weighted by Gasteiger charge is -2.20. The highest BCUT2D eigenvalue weighted by Crippen LogP contribution is 2.51. The molecule has 0 radical (unpaired) electrons. The van der Waals surface area contributed by atoms with E-state index in [1.54, 1.807) is 0 Å². The van der Waals surface area contributed by atoms with Crippen LogP contribution in [0.1, 0.15) is 72.1 Å². The fraction of sp³-hybridized carbons (Fsp3) is 0.667. The molecule has 0 aliphatic carbocycles. The normalized spacial score (nSPS) is 12.3. The topological polar surface area (TPSA) is 99.1 Å². The second-order valence-electron chi connectivity index (χ2n) is 6.24. The van der Waals surface area contributed by atoms with Crippen LogP contribution in [0.2, 0.25) is 0 Å². The molecule has 0 rings (SSSR count). The van der Waals surface area contributed by atoms with Gasteiger partial charge in [-0.05, 0) is 26.7 Å². The van der Waals surface area contributed by atoms with Gasteiger partial charge in [0, 0.05) is 11.1 Å². The molecule has 8 heteroatoms. The predicted octanol–water partition coefficient (Wildman–Crippen LogP) is 4.81. The van der Waals surface area contributed by atoms with Gasteiger partial charge in [-0.15, -0.1) is 0 Å². The minimum absolute atomic E-state index is 0.0539. The maximum atomic E-state index is 12.5. The highest BCUT2D eigenvalue weighted by atomic mass is 31.2. The molecule has 0 aliphatic heterocycles. The van der Waals surface area contributed by atoms with Crippen LogP contribution in [0.3, 0.4) is 0 Å². The summed E-state index contributed by atoms with van der Waals surface area (Å²) in [4.78, 5) is 23.2. The van der Waals surface area contributed by atoms with E-state index in [0.29, 0.717) is 6.42 Å². The van der Waals surface area contributed by atoms with Crippen LogP contribution in [0.5, 0.6) is 0 Å². The quantitative estimate of drug-likeness (QED) is 0.197. The van der Waals surface area contributed by atoms with Crippen molar-refractivity contribution in [1.29, 1.82) is 0 Å². The van der Waals surface area contributed by atoms with Crippen molar-refractivity contribution in [3.63, 3.8) is 0 Å². The number of rotatable bonds is 14. The summed E-state index contributed by atoms with van der Waals surface area (Å²) < 4.78 is 26.6. The van der Waals surface area contributed by atoms with Crippen LogP contribution in [0, 0.1) is 0 Å². The first-order chi connectivity index (χ1) is 12.1. The van der Waals surface area contributed by atoms with E-state index in [0.717, 1.165) is 19.3 Å². The zero-order valence-electron chi connectivity index (χ0n) is 16.0. The Kier molecular flexibility index (Phi) is 12.1. The van der Waals surface area contributed by atoms with Crippen molar-refractivity contribution in [2.24, 2.45) is 0 Å². The number of phosphoric acid groups is 1. The number of hydrogen-bond donors (Lipinski definition) is 1. The van der Waals surface area contributed by atoms with Crippen molar-refractivity contribution in [2.75, 3.05) is 0 Å². The number of hydrogen-bond acceptors (Lipinski definition) is 7. The van der Waals surface area contributed by atoms with Gasteiger partial charge in [-0.25, -0.2) is 18.7 Å². The highest BCUT2D eigenvalue weighted by molar-refractivity contribution is 7.49. The second-order valence-corrected chi connectivity index (χ2v) is 7.71. The summed E-state index contributed by atoms with van der Waals surface area (Å²) in [5, 5.41) is 9.91. The Labute approximate surface area is 156 Å². The van der Waals surface area contributed by atoms with Gasteiger partial charge < -0.3 is 14.2 Å². The van der Waals surface area contributed by atoms with Crippen molar-refractivity contribution >= 4 is 19.8 Å². The molecule has 7 nitrogen and oxygen atoms in total. The molecule has 150 valence electrons. The molecule has 0 aromatic carbocycles. The molecular formula is C18H31O7P. The van der Waals surface area contributed by atoms with Crippen molar-refractivity contribution in [3.05, 3.63) is 24.3 Å².